The van der Waals surface area contributed by atoms with Crippen LogP contribution in [0.15, 0.2) is 48.3 Å². The summed E-state index contributed by atoms with van der Waals surface area (Å²) in [6.07, 6.45) is 0. The molecular weight excluding hydrogens is 387 g/mol. The van der Waals surface area contributed by atoms with Crippen LogP contribution in [-0.2, 0) is 13.6 Å². The summed E-state index contributed by atoms with van der Waals surface area (Å²) in [6.45, 7) is 5.81. The molecule has 6 nitrogen and oxygen atoms in total. The quantitative estimate of drug-likeness (QED) is 0.644. The molecular formula is C22H29N2O4P. The molecule has 0 aromatic heterocycles. The van der Waals surface area contributed by atoms with Crippen molar-refractivity contribution in [3.63, 3.8) is 0 Å². The van der Waals surface area contributed by atoms with Crippen LogP contribution < -0.4 is 15.0 Å². The molecule has 2 aromatic carbocycles. The third kappa shape index (κ3) is 5.02. The molecule has 2 aromatic rings. The highest BCUT2D eigenvalue weighted by Crippen LogP contribution is 2.52. The van der Waals surface area contributed by atoms with Crippen LogP contribution in [0.3, 0.4) is 0 Å². The van der Waals surface area contributed by atoms with Crippen molar-refractivity contribution in [3.8, 4) is 16.9 Å². The largest absolute Gasteiger partial charge is 0.497 e. The lowest BCUT2D eigenvalue weighted by molar-refractivity contribution is 0.229. The van der Waals surface area contributed by atoms with Gasteiger partial charge in [0.05, 0.1) is 31.8 Å². The predicted octanol–water partition coefficient (Wildman–Crippen LogP) is 4.97. The minimum atomic E-state index is -3.32. The molecule has 0 unspecified atom stereocenters. The normalized spacial score (nSPS) is 15.6. The van der Waals surface area contributed by atoms with E-state index in [1.165, 1.54) is 0 Å². The third-order valence-corrected chi connectivity index (χ3v) is 6.58. The maximum absolute atomic E-state index is 13.1. The fourth-order valence-corrected chi connectivity index (χ4v) is 4.87. The molecule has 0 aliphatic carbocycles. The van der Waals surface area contributed by atoms with E-state index in [1.807, 2.05) is 38.1 Å². The Balaban J connectivity index is 2.06. The molecule has 29 heavy (non-hydrogen) atoms. The lowest BCUT2D eigenvalue weighted by Crippen LogP contribution is -2.24. The van der Waals surface area contributed by atoms with Crippen molar-refractivity contribution in [2.24, 2.45) is 0 Å². The zero-order chi connectivity index (χ0) is 20.9. The smallest absolute Gasteiger partial charge is 0.356 e. The average Bonchev–Trinajstić information content (AvgIpc) is 2.87. The minimum Gasteiger partial charge on any atom is -0.497 e. The SMILES string of the molecule is CCOP(=O)(/C=C1\NCCN(C)c2cc(-c3cccc(OC)c3)ccc21)OCC. The van der Waals surface area contributed by atoms with Crippen molar-refractivity contribution in [1.29, 1.82) is 0 Å². The molecule has 3 rings (SSSR count). The number of rotatable bonds is 7. The zero-order valence-corrected chi connectivity index (χ0v) is 18.4. The number of ether oxygens (including phenoxy) is 1. The van der Waals surface area contributed by atoms with Gasteiger partial charge >= 0.3 is 7.60 Å². The Morgan fingerprint density at radius 2 is 1.83 bits per heavy atom. The molecule has 1 aliphatic rings. The van der Waals surface area contributed by atoms with E-state index in [4.69, 9.17) is 13.8 Å². The summed E-state index contributed by atoms with van der Waals surface area (Å²) in [5.74, 6) is 2.44. The number of nitrogens with one attached hydrogen (secondary N) is 1. The molecule has 0 amide bonds. The summed E-state index contributed by atoms with van der Waals surface area (Å²) in [5.41, 5.74) is 4.97. The number of likely N-dealkylation sites (N-methyl/N-ethyl adjacent to an activating group) is 1. The first-order valence-corrected chi connectivity index (χ1v) is 11.5. The number of nitrogens with zero attached hydrogens (tertiary/aromatic N) is 1. The summed E-state index contributed by atoms with van der Waals surface area (Å²) >= 11 is 0. The van der Waals surface area contributed by atoms with Gasteiger partial charge in [-0.15, -0.1) is 0 Å². The number of hydrogen-bond donors (Lipinski definition) is 1. The van der Waals surface area contributed by atoms with Crippen molar-refractivity contribution >= 4 is 19.0 Å². The zero-order valence-electron chi connectivity index (χ0n) is 17.5. The van der Waals surface area contributed by atoms with Gasteiger partial charge in [0, 0.05) is 31.4 Å². The molecule has 0 saturated heterocycles. The molecule has 7 heteroatoms. The Hall–Kier alpha value is -2.27. The Morgan fingerprint density at radius 3 is 2.52 bits per heavy atom. The monoisotopic (exact) mass is 416 g/mol. The number of fused-ring (bicyclic) bond motifs is 1. The van der Waals surface area contributed by atoms with E-state index in [1.54, 1.807) is 12.9 Å². The second-order valence-electron chi connectivity index (χ2n) is 6.73. The van der Waals surface area contributed by atoms with Gasteiger partial charge in [0.15, 0.2) is 0 Å². The van der Waals surface area contributed by atoms with Gasteiger partial charge < -0.3 is 24.0 Å². The van der Waals surface area contributed by atoms with Gasteiger partial charge in [0.1, 0.15) is 5.75 Å². The number of anilines is 1. The molecule has 0 fully saturated rings. The molecule has 0 saturated carbocycles. The fraction of sp³-hybridized carbons (Fsp3) is 0.364. The maximum Gasteiger partial charge on any atom is 0.356 e. The maximum atomic E-state index is 13.1. The molecule has 1 heterocycles. The predicted molar refractivity (Wildman–Crippen MR) is 119 cm³/mol. The van der Waals surface area contributed by atoms with Crippen molar-refractivity contribution in [2.75, 3.05) is 45.4 Å². The Bertz CT molecular complexity index is 919. The van der Waals surface area contributed by atoms with Crippen molar-refractivity contribution in [1.82, 2.24) is 5.32 Å². The highest BCUT2D eigenvalue weighted by atomic mass is 31.2. The first-order chi connectivity index (χ1) is 14.0. The van der Waals surface area contributed by atoms with Gasteiger partial charge in [-0.3, -0.25) is 4.57 Å². The highest BCUT2D eigenvalue weighted by molar-refractivity contribution is 7.57. The van der Waals surface area contributed by atoms with Crippen LogP contribution in [-0.4, -0.2) is 40.5 Å². The van der Waals surface area contributed by atoms with Crippen LogP contribution in [0.2, 0.25) is 0 Å². The highest BCUT2D eigenvalue weighted by Gasteiger charge is 2.25. The minimum absolute atomic E-state index is 0.322. The van der Waals surface area contributed by atoms with E-state index in [0.29, 0.717) is 13.2 Å². The van der Waals surface area contributed by atoms with Crippen molar-refractivity contribution in [3.05, 3.63) is 53.8 Å². The molecule has 1 aliphatic heterocycles. The van der Waals surface area contributed by atoms with Crippen LogP contribution in [0, 0.1) is 0 Å². The van der Waals surface area contributed by atoms with Crippen LogP contribution in [0.4, 0.5) is 5.69 Å². The van der Waals surface area contributed by atoms with E-state index >= 15 is 0 Å². The summed E-state index contributed by atoms with van der Waals surface area (Å²) in [7, 11) is 0.405. The van der Waals surface area contributed by atoms with Crippen molar-refractivity contribution in [2.45, 2.75) is 13.8 Å². The van der Waals surface area contributed by atoms with Gasteiger partial charge in [-0.05, 0) is 43.2 Å². The number of benzene rings is 2. The third-order valence-electron chi connectivity index (χ3n) is 4.77. The summed E-state index contributed by atoms with van der Waals surface area (Å²) in [4.78, 5) is 2.19. The van der Waals surface area contributed by atoms with Crippen LogP contribution in [0.1, 0.15) is 19.4 Å². The average molecular weight is 416 g/mol. The second kappa shape index (κ2) is 9.49. The van der Waals surface area contributed by atoms with Gasteiger partial charge in [-0.25, -0.2) is 0 Å². The second-order valence-corrected chi connectivity index (χ2v) is 8.58. The van der Waals surface area contributed by atoms with Gasteiger partial charge in [-0.1, -0.05) is 24.3 Å². The molecule has 0 bridgehead atoms. The van der Waals surface area contributed by atoms with E-state index in [-0.39, 0.29) is 0 Å². The summed E-state index contributed by atoms with van der Waals surface area (Å²) < 4.78 is 29.3. The first-order valence-electron chi connectivity index (χ1n) is 9.85. The summed E-state index contributed by atoms with van der Waals surface area (Å²) in [5, 5.41) is 3.39. The lowest BCUT2D eigenvalue weighted by Gasteiger charge is -2.20. The molecule has 1 N–H and O–H groups in total. The van der Waals surface area contributed by atoms with Gasteiger partial charge in [0.2, 0.25) is 0 Å². The first kappa shape index (κ1) is 21.4. The summed E-state index contributed by atoms with van der Waals surface area (Å²) in [6, 6.07) is 14.3. The molecule has 156 valence electrons. The molecule has 0 radical (unpaired) electrons. The van der Waals surface area contributed by atoms with E-state index < -0.39 is 7.60 Å². The molecule has 0 atom stereocenters. The Labute approximate surface area is 173 Å². The van der Waals surface area contributed by atoms with Gasteiger partial charge in [0.25, 0.3) is 0 Å². The van der Waals surface area contributed by atoms with E-state index in [9.17, 15) is 4.57 Å². The van der Waals surface area contributed by atoms with Crippen LogP contribution in [0.25, 0.3) is 16.8 Å². The van der Waals surface area contributed by atoms with Crippen LogP contribution >= 0.6 is 7.60 Å². The van der Waals surface area contributed by atoms with E-state index in [2.05, 4.69) is 35.5 Å². The number of hydrogen-bond acceptors (Lipinski definition) is 6. The molecule has 0 spiro atoms. The fourth-order valence-electron chi connectivity index (χ4n) is 3.38. The standard InChI is InChI=1S/C22H29N2O4P/c1-5-27-29(25,28-6-2)16-21-20-11-10-18(15-22(20)24(3)13-12-23-21)17-8-7-9-19(14-17)26-4/h7-11,14-16,23H,5-6,12-13H2,1-4H3/b21-16-. The number of methoxy groups -OCH3 is 1. The lowest BCUT2D eigenvalue weighted by atomic mass is 10.0. The van der Waals surface area contributed by atoms with Crippen molar-refractivity contribution < 1.29 is 18.3 Å². The Kier molecular flexibility index (Phi) is 7.01. The van der Waals surface area contributed by atoms with Crippen LogP contribution in [0.5, 0.6) is 5.75 Å². The van der Waals surface area contributed by atoms with Gasteiger partial charge in [-0.2, -0.15) is 0 Å². The van der Waals surface area contributed by atoms with E-state index in [0.717, 1.165) is 46.9 Å². The topological polar surface area (TPSA) is 60.0 Å². The Morgan fingerprint density at radius 1 is 1.10 bits per heavy atom.